The third kappa shape index (κ3) is 5.55. The largest absolute Gasteiger partial charge is 0.465 e. The minimum atomic E-state index is -5.70. The van der Waals surface area contributed by atoms with Gasteiger partial charge in [0.25, 0.3) is 0 Å². The average molecular weight is 529 g/mol. The van der Waals surface area contributed by atoms with E-state index in [1.54, 1.807) is 48.5 Å². The van der Waals surface area contributed by atoms with Gasteiger partial charge in [0.2, 0.25) is 0 Å². The zero-order chi connectivity index (χ0) is 25.4. The van der Waals surface area contributed by atoms with Crippen molar-refractivity contribution in [1.82, 2.24) is 9.80 Å². The van der Waals surface area contributed by atoms with Crippen LogP contribution in [-0.2, 0) is 0 Å². The predicted molar refractivity (Wildman–Crippen MR) is 115 cm³/mol. The van der Waals surface area contributed by atoms with E-state index in [1.165, 1.54) is 11.8 Å². The Morgan fingerprint density at radius 2 is 1.29 bits per heavy atom. The number of carbonyl (C=O) groups is 1. The van der Waals surface area contributed by atoms with E-state index in [2.05, 4.69) is 0 Å². The third-order valence-corrected chi connectivity index (χ3v) is 6.48. The molecule has 1 N–H and O–H groups in total. The van der Waals surface area contributed by atoms with E-state index >= 15 is 0 Å². The van der Waals surface area contributed by atoms with Crippen molar-refractivity contribution in [2.24, 2.45) is 5.92 Å². The molecule has 1 heterocycles. The lowest BCUT2D eigenvalue weighted by molar-refractivity contribution is -0.304. The molecule has 1 saturated heterocycles. The number of rotatable bonds is 4. The van der Waals surface area contributed by atoms with Crippen LogP contribution in [0.4, 0.5) is 31.1 Å². The second-order valence-electron chi connectivity index (χ2n) is 8.01. The molecule has 0 aliphatic carbocycles. The molecular formula is C22H20Cl2F6N2O2. The van der Waals surface area contributed by atoms with Crippen molar-refractivity contribution in [1.29, 1.82) is 0 Å². The van der Waals surface area contributed by atoms with Crippen LogP contribution in [0.15, 0.2) is 48.5 Å². The first-order chi connectivity index (χ1) is 15.7. The molecule has 1 fully saturated rings. The van der Waals surface area contributed by atoms with Gasteiger partial charge in [-0.15, -0.1) is 0 Å². The van der Waals surface area contributed by atoms with Gasteiger partial charge in [0.1, 0.15) is 0 Å². The molecule has 0 bridgehead atoms. The molecule has 34 heavy (non-hydrogen) atoms. The highest BCUT2D eigenvalue weighted by molar-refractivity contribution is 6.30. The number of carboxylic acid groups (broad SMARTS) is 1. The summed E-state index contributed by atoms with van der Waals surface area (Å²) in [6.45, 7) is 0.552. The van der Waals surface area contributed by atoms with Gasteiger partial charge < -0.3 is 10.0 Å². The highest BCUT2D eigenvalue weighted by Crippen LogP contribution is 2.46. The maximum absolute atomic E-state index is 13.7. The van der Waals surface area contributed by atoms with Crippen molar-refractivity contribution in [2.75, 3.05) is 13.1 Å². The number of piperazine rings is 1. The molecular weight excluding hydrogens is 509 g/mol. The Morgan fingerprint density at radius 1 is 0.882 bits per heavy atom. The fourth-order valence-electron chi connectivity index (χ4n) is 4.52. The van der Waals surface area contributed by atoms with Crippen molar-refractivity contribution in [2.45, 2.75) is 37.4 Å². The maximum Gasteiger partial charge on any atom is 0.407 e. The number of nitrogens with zero attached hydrogens (tertiary/aromatic N) is 2. The van der Waals surface area contributed by atoms with Gasteiger partial charge >= 0.3 is 18.4 Å². The highest BCUT2D eigenvalue weighted by Gasteiger charge is 2.64. The number of benzene rings is 2. The molecule has 186 valence electrons. The van der Waals surface area contributed by atoms with Gasteiger partial charge in [0.15, 0.2) is 5.92 Å². The highest BCUT2D eigenvalue weighted by atomic mass is 35.5. The summed E-state index contributed by atoms with van der Waals surface area (Å²) in [5.41, 5.74) is 1.13. The Bertz CT molecular complexity index is 939. The molecule has 0 saturated carbocycles. The van der Waals surface area contributed by atoms with E-state index in [9.17, 15) is 36.2 Å². The van der Waals surface area contributed by atoms with Crippen LogP contribution < -0.4 is 0 Å². The molecule has 2 unspecified atom stereocenters. The van der Waals surface area contributed by atoms with Gasteiger partial charge in [-0.3, -0.25) is 4.90 Å². The Hall–Kier alpha value is -2.17. The van der Waals surface area contributed by atoms with Crippen molar-refractivity contribution >= 4 is 29.3 Å². The molecule has 2 aromatic carbocycles. The van der Waals surface area contributed by atoms with Crippen LogP contribution in [0.3, 0.4) is 0 Å². The summed E-state index contributed by atoms with van der Waals surface area (Å²) >= 11 is 11.9. The number of amides is 1. The zero-order valence-corrected chi connectivity index (χ0v) is 19.1. The summed E-state index contributed by atoms with van der Waals surface area (Å²) in [4.78, 5) is 13.4. The van der Waals surface area contributed by atoms with E-state index in [0.717, 1.165) is 0 Å². The van der Waals surface area contributed by atoms with E-state index in [0.29, 0.717) is 21.2 Å². The van der Waals surface area contributed by atoms with Crippen LogP contribution in [0.25, 0.3) is 0 Å². The molecule has 1 amide bonds. The Labute approximate surface area is 201 Å². The Kier molecular flexibility index (Phi) is 7.64. The van der Waals surface area contributed by atoms with Crippen molar-refractivity contribution in [3.05, 3.63) is 69.7 Å². The topological polar surface area (TPSA) is 43.8 Å². The average Bonchev–Trinajstić information content (AvgIpc) is 2.71. The molecule has 0 spiro atoms. The van der Waals surface area contributed by atoms with Crippen molar-refractivity contribution < 1.29 is 36.2 Å². The van der Waals surface area contributed by atoms with Crippen LogP contribution >= 0.6 is 23.2 Å². The van der Waals surface area contributed by atoms with Gasteiger partial charge in [0.05, 0.1) is 12.1 Å². The second-order valence-corrected chi connectivity index (χ2v) is 8.88. The van der Waals surface area contributed by atoms with E-state index < -0.39 is 49.0 Å². The monoisotopic (exact) mass is 528 g/mol. The van der Waals surface area contributed by atoms with E-state index in [-0.39, 0.29) is 11.4 Å². The molecule has 2 aromatic rings. The maximum atomic E-state index is 13.7. The summed E-state index contributed by atoms with van der Waals surface area (Å²) in [7, 11) is 0. The van der Waals surface area contributed by atoms with Crippen LogP contribution in [0.1, 0.15) is 24.1 Å². The SMILES string of the molecule is CC1C(C(C(F)(F)F)C(F)(F)F)N(C(=O)O)CCN1C(c1ccc(Cl)cc1)c1ccc(Cl)cc1. The van der Waals surface area contributed by atoms with Crippen molar-refractivity contribution in [3.8, 4) is 0 Å². The summed E-state index contributed by atoms with van der Waals surface area (Å²) in [6.07, 6.45) is -13.3. The van der Waals surface area contributed by atoms with Gasteiger partial charge in [0, 0.05) is 29.2 Å². The number of halogens is 8. The van der Waals surface area contributed by atoms with E-state index in [4.69, 9.17) is 23.2 Å². The third-order valence-electron chi connectivity index (χ3n) is 5.97. The first kappa shape index (κ1) is 26.4. The lowest BCUT2D eigenvalue weighted by Crippen LogP contribution is -2.67. The summed E-state index contributed by atoms with van der Waals surface area (Å²) in [5.74, 6) is -3.86. The van der Waals surface area contributed by atoms with Crippen LogP contribution in [-0.4, -0.2) is 58.5 Å². The number of alkyl halides is 6. The van der Waals surface area contributed by atoms with Gasteiger partial charge in [-0.1, -0.05) is 47.5 Å². The lowest BCUT2D eigenvalue weighted by atomic mass is 9.85. The smallest absolute Gasteiger partial charge is 0.407 e. The first-order valence-corrected chi connectivity index (χ1v) is 10.9. The minimum absolute atomic E-state index is 0.0949. The van der Waals surface area contributed by atoms with Crippen LogP contribution in [0.2, 0.25) is 10.0 Å². The quantitative estimate of drug-likeness (QED) is 0.440. The van der Waals surface area contributed by atoms with E-state index in [1.807, 2.05) is 0 Å². The Morgan fingerprint density at radius 3 is 1.65 bits per heavy atom. The molecule has 2 atom stereocenters. The Balaban J connectivity index is 2.14. The predicted octanol–water partition coefficient (Wildman–Crippen LogP) is 6.88. The van der Waals surface area contributed by atoms with Crippen LogP contribution in [0.5, 0.6) is 0 Å². The van der Waals surface area contributed by atoms with Crippen LogP contribution in [0, 0.1) is 5.92 Å². The normalized spacial score (nSPS) is 20.3. The first-order valence-electron chi connectivity index (χ1n) is 10.1. The van der Waals surface area contributed by atoms with Gasteiger partial charge in [-0.2, -0.15) is 26.3 Å². The molecule has 4 nitrogen and oxygen atoms in total. The molecule has 0 aromatic heterocycles. The summed E-state index contributed by atoms with van der Waals surface area (Å²) < 4.78 is 82.1. The summed E-state index contributed by atoms with van der Waals surface area (Å²) in [5, 5.41) is 10.3. The molecule has 1 aliphatic rings. The molecule has 0 radical (unpaired) electrons. The fourth-order valence-corrected chi connectivity index (χ4v) is 4.77. The number of hydrogen-bond acceptors (Lipinski definition) is 2. The summed E-state index contributed by atoms with van der Waals surface area (Å²) in [6, 6.07) is 8.10. The molecule has 1 aliphatic heterocycles. The second kappa shape index (κ2) is 9.83. The fraction of sp³-hybridized carbons (Fsp3) is 0.409. The van der Waals surface area contributed by atoms with Gasteiger partial charge in [-0.25, -0.2) is 4.79 Å². The standard InChI is InChI=1S/C22H20Cl2F6N2O2/c1-12-17(19(21(25,26)27)22(28,29)30)32(20(33)34)11-10-31(12)18(13-2-6-15(23)7-3-13)14-4-8-16(24)9-5-14/h2-9,12,17-19H,10-11H2,1H3,(H,33,34). The zero-order valence-electron chi connectivity index (χ0n) is 17.6. The lowest BCUT2D eigenvalue weighted by Gasteiger charge is -2.51. The van der Waals surface area contributed by atoms with Crippen molar-refractivity contribution in [3.63, 3.8) is 0 Å². The molecule has 12 heteroatoms. The molecule has 3 rings (SSSR count). The number of hydrogen-bond donors (Lipinski definition) is 1. The minimum Gasteiger partial charge on any atom is -0.465 e. The van der Waals surface area contributed by atoms with Gasteiger partial charge in [-0.05, 0) is 42.3 Å².